The highest BCUT2D eigenvalue weighted by molar-refractivity contribution is 7.10. The fraction of sp³-hybridized carbons (Fsp3) is 0.692. The van der Waals surface area contributed by atoms with Gasteiger partial charge in [0.05, 0.1) is 5.02 Å². The number of piperazine rings is 1. The molecule has 0 aromatic carbocycles. The molecule has 0 bridgehead atoms. The predicted molar refractivity (Wildman–Crippen MR) is 76.0 cm³/mol. The molecule has 2 nitrogen and oxygen atoms in total. The molecular formula is C13H21ClN2S. The van der Waals surface area contributed by atoms with Gasteiger partial charge in [-0.3, -0.25) is 4.90 Å². The molecule has 0 radical (unpaired) electrons. The van der Waals surface area contributed by atoms with E-state index in [9.17, 15) is 0 Å². The van der Waals surface area contributed by atoms with Crippen LogP contribution in [0.25, 0.3) is 0 Å². The fourth-order valence-electron chi connectivity index (χ4n) is 2.41. The second kappa shape index (κ2) is 6.19. The van der Waals surface area contributed by atoms with Crippen molar-refractivity contribution in [3.63, 3.8) is 0 Å². The minimum atomic E-state index is 0.504. The van der Waals surface area contributed by atoms with Crippen molar-refractivity contribution >= 4 is 22.9 Å². The number of nitrogens with one attached hydrogen (secondary N) is 1. The summed E-state index contributed by atoms with van der Waals surface area (Å²) in [6.45, 7) is 9.03. The van der Waals surface area contributed by atoms with Crippen molar-refractivity contribution in [2.75, 3.05) is 26.2 Å². The number of halogens is 1. The molecule has 0 amide bonds. The smallest absolute Gasteiger partial charge is 0.0561 e. The van der Waals surface area contributed by atoms with Crippen molar-refractivity contribution in [2.45, 2.75) is 26.3 Å². The summed E-state index contributed by atoms with van der Waals surface area (Å²) in [5, 5.41) is 6.46. The van der Waals surface area contributed by atoms with Crippen LogP contribution in [0.5, 0.6) is 0 Å². The van der Waals surface area contributed by atoms with Crippen molar-refractivity contribution in [1.29, 1.82) is 0 Å². The van der Waals surface area contributed by atoms with Gasteiger partial charge >= 0.3 is 0 Å². The number of hydrogen-bond donors (Lipinski definition) is 1. The van der Waals surface area contributed by atoms with E-state index in [2.05, 4.69) is 29.4 Å². The average Bonchev–Trinajstić information content (AvgIpc) is 2.73. The Balaban J connectivity index is 2.15. The van der Waals surface area contributed by atoms with Gasteiger partial charge in [-0.1, -0.05) is 25.4 Å². The van der Waals surface area contributed by atoms with E-state index in [0.29, 0.717) is 12.0 Å². The molecule has 17 heavy (non-hydrogen) atoms. The minimum absolute atomic E-state index is 0.504. The van der Waals surface area contributed by atoms with Crippen LogP contribution in [0.1, 0.15) is 31.2 Å². The van der Waals surface area contributed by atoms with Crippen molar-refractivity contribution in [2.24, 2.45) is 5.92 Å². The zero-order valence-corrected chi connectivity index (χ0v) is 12.2. The Morgan fingerprint density at radius 2 is 2.12 bits per heavy atom. The zero-order chi connectivity index (χ0) is 12.3. The molecule has 0 saturated carbocycles. The normalized spacial score (nSPS) is 19.8. The molecule has 2 rings (SSSR count). The Labute approximate surface area is 113 Å². The van der Waals surface area contributed by atoms with Crippen LogP contribution in [-0.2, 0) is 0 Å². The Kier molecular flexibility index (Phi) is 4.86. The van der Waals surface area contributed by atoms with Crippen molar-refractivity contribution in [3.8, 4) is 0 Å². The molecule has 0 unspecified atom stereocenters. The summed E-state index contributed by atoms with van der Waals surface area (Å²) in [5.74, 6) is 0.702. The van der Waals surface area contributed by atoms with Crippen LogP contribution in [0.3, 0.4) is 0 Å². The summed E-state index contributed by atoms with van der Waals surface area (Å²) < 4.78 is 0. The highest BCUT2D eigenvalue weighted by Crippen LogP contribution is 2.36. The SMILES string of the molecule is CC(C)C[C@H](c1sccc1Cl)N1CCNCC1. The average molecular weight is 273 g/mol. The van der Waals surface area contributed by atoms with Crippen molar-refractivity contribution < 1.29 is 0 Å². The third-order valence-corrected chi connectivity index (χ3v) is 4.69. The Morgan fingerprint density at radius 1 is 1.41 bits per heavy atom. The highest BCUT2D eigenvalue weighted by atomic mass is 35.5. The number of thiophene rings is 1. The van der Waals surface area contributed by atoms with Gasteiger partial charge in [-0.05, 0) is 23.8 Å². The largest absolute Gasteiger partial charge is 0.314 e. The molecule has 1 aliphatic rings. The van der Waals surface area contributed by atoms with Crippen LogP contribution < -0.4 is 5.32 Å². The van der Waals surface area contributed by atoms with Gasteiger partial charge in [0.25, 0.3) is 0 Å². The summed E-state index contributed by atoms with van der Waals surface area (Å²) in [4.78, 5) is 3.93. The molecule has 0 aliphatic carbocycles. The summed E-state index contributed by atoms with van der Waals surface area (Å²) in [6.07, 6.45) is 1.19. The second-order valence-electron chi connectivity index (χ2n) is 5.06. The van der Waals surface area contributed by atoms with Crippen LogP contribution in [0.15, 0.2) is 11.4 Å². The molecule has 1 aromatic rings. The molecule has 2 heterocycles. The third-order valence-electron chi connectivity index (χ3n) is 3.23. The molecule has 1 fully saturated rings. The molecule has 1 atom stereocenters. The fourth-order valence-corrected chi connectivity index (χ4v) is 3.74. The first-order valence-corrected chi connectivity index (χ1v) is 7.62. The maximum atomic E-state index is 6.31. The van der Waals surface area contributed by atoms with Crippen LogP contribution in [-0.4, -0.2) is 31.1 Å². The predicted octanol–water partition coefficient (Wildman–Crippen LogP) is 3.39. The van der Waals surface area contributed by atoms with E-state index in [1.165, 1.54) is 11.3 Å². The van der Waals surface area contributed by atoms with Gasteiger partial charge in [-0.25, -0.2) is 0 Å². The third kappa shape index (κ3) is 3.44. The quantitative estimate of drug-likeness (QED) is 0.904. The number of nitrogens with zero attached hydrogens (tertiary/aromatic N) is 1. The molecular weight excluding hydrogens is 252 g/mol. The van der Waals surface area contributed by atoms with E-state index in [-0.39, 0.29) is 0 Å². The van der Waals surface area contributed by atoms with Gasteiger partial charge in [0.2, 0.25) is 0 Å². The van der Waals surface area contributed by atoms with E-state index in [1.807, 2.05) is 6.07 Å². The Hall–Kier alpha value is -0.0900. The van der Waals surface area contributed by atoms with Crippen molar-refractivity contribution in [1.82, 2.24) is 10.2 Å². The van der Waals surface area contributed by atoms with Crippen LogP contribution in [0.2, 0.25) is 5.02 Å². The summed E-state index contributed by atoms with van der Waals surface area (Å²) in [5.41, 5.74) is 0. The molecule has 1 saturated heterocycles. The Morgan fingerprint density at radius 3 is 2.65 bits per heavy atom. The maximum Gasteiger partial charge on any atom is 0.0561 e. The lowest BCUT2D eigenvalue weighted by Crippen LogP contribution is -2.45. The summed E-state index contributed by atoms with van der Waals surface area (Å²) >= 11 is 8.10. The van der Waals surface area contributed by atoms with Crippen LogP contribution in [0, 0.1) is 5.92 Å². The molecule has 1 aromatic heterocycles. The lowest BCUT2D eigenvalue weighted by atomic mass is 10.0. The topological polar surface area (TPSA) is 15.3 Å². The highest BCUT2D eigenvalue weighted by Gasteiger charge is 2.25. The Bertz CT molecular complexity index is 345. The second-order valence-corrected chi connectivity index (χ2v) is 6.42. The first kappa shape index (κ1) is 13.3. The number of rotatable bonds is 4. The minimum Gasteiger partial charge on any atom is -0.314 e. The standard InChI is InChI=1S/C13H21ClN2S/c1-10(2)9-12(13-11(14)3-8-17-13)16-6-4-15-5-7-16/h3,8,10,12,15H,4-7,9H2,1-2H3/t12-/m1/s1. The zero-order valence-electron chi connectivity index (χ0n) is 10.6. The van der Waals surface area contributed by atoms with E-state index in [1.54, 1.807) is 11.3 Å². The van der Waals surface area contributed by atoms with Crippen LogP contribution >= 0.6 is 22.9 Å². The van der Waals surface area contributed by atoms with E-state index in [0.717, 1.165) is 31.2 Å². The monoisotopic (exact) mass is 272 g/mol. The summed E-state index contributed by atoms with van der Waals surface area (Å²) in [6, 6.07) is 2.53. The lowest BCUT2D eigenvalue weighted by molar-refractivity contribution is 0.156. The van der Waals surface area contributed by atoms with Gasteiger partial charge in [-0.15, -0.1) is 11.3 Å². The molecule has 96 valence electrons. The van der Waals surface area contributed by atoms with E-state index >= 15 is 0 Å². The van der Waals surface area contributed by atoms with Crippen molar-refractivity contribution in [3.05, 3.63) is 21.3 Å². The molecule has 0 spiro atoms. The first-order chi connectivity index (χ1) is 8.18. The molecule has 1 N–H and O–H groups in total. The number of hydrogen-bond acceptors (Lipinski definition) is 3. The van der Waals surface area contributed by atoms with Gasteiger partial charge < -0.3 is 5.32 Å². The lowest BCUT2D eigenvalue weighted by Gasteiger charge is -2.35. The van der Waals surface area contributed by atoms with Gasteiger partial charge in [0.1, 0.15) is 0 Å². The molecule has 4 heteroatoms. The first-order valence-electron chi connectivity index (χ1n) is 6.36. The van der Waals surface area contributed by atoms with Crippen LogP contribution in [0.4, 0.5) is 0 Å². The van der Waals surface area contributed by atoms with Gasteiger partial charge in [0, 0.05) is 37.1 Å². The van der Waals surface area contributed by atoms with E-state index < -0.39 is 0 Å². The molecule has 1 aliphatic heterocycles. The van der Waals surface area contributed by atoms with E-state index in [4.69, 9.17) is 11.6 Å². The van der Waals surface area contributed by atoms with Gasteiger partial charge in [-0.2, -0.15) is 0 Å². The summed E-state index contributed by atoms with van der Waals surface area (Å²) in [7, 11) is 0. The van der Waals surface area contributed by atoms with Gasteiger partial charge in [0.15, 0.2) is 0 Å². The maximum absolute atomic E-state index is 6.31.